The summed E-state index contributed by atoms with van der Waals surface area (Å²) in [6.45, 7) is 8.04. The standard InChI is InChI=1S/C19H26N2O6.C16H30O/c1-3-4-5-6-7-11-18(22)20-15(2)19(23)26-13-16-9-8-10-17(12-16)14-27-21(24)25;1-3-4-5-6-7-11-16(17)13-12-15-10-8-9-14(15)2/h4-5,8-10,12,15H,3,6-7,11,13-14H2,1-2H3,(H,20,22);14-15H,3-13H2,1-2H3/b5-4-;. The number of ketones is 1. The maximum atomic E-state index is 12.0. The minimum atomic E-state index is -0.864. The van der Waals surface area contributed by atoms with E-state index in [0.717, 1.165) is 56.8 Å². The number of hydrogen-bond donors (Lipinski definition) is 1. The van der Waals surface area contributed by atoms with Crippen molar-refractivity contribution in [1.29, 1.82) is 0 Å². The van der Waals surface area contributed by atoms with Gasteiger partial charge in [0.1, 0.15) is 25.0 Å². The SMILES string of the molecule is CC/C=C\CCCC(=O)NC(C)C(=O)OCc1cccc(CO[N+](=O)[O-])c1.CCCCCCCC(=O)CCC1CCCC1C. The molecule has 1 saturated carbocycles. The monoisotopic (exact) mass is 616 g/mol. The number of carbonyl (C=O) groups is 3. The van der Waals surface area contributed by atoms with Crippen molar-refractivity contribution in [3.05, 3.63) is 57.7 Å². The second kappa shape index (κ2) is 24.1. The summed E-state index contributed by atoms with van der Waals surface area (Å²) in [5, 5.41) is 12.0. The molecule has 1 aromatic rings. The van der Waals surface area contributed by atoms with E-state index in [1.54, 1.807) is 31.2 Å². The molecule has 0 aromatic heterocycles. The van der Waals surface area contributed by atoms with Crippen molar-refractivity contribution in [2.45, 2.75) is 143 Å². The molecule has 1 fully saturated rings. The zero-order valence-electron chi connectivity index (χ0n) is 27.5. The van der Waals surface area contributed by atoms with Crippen LogP contribution >= 0.6 is 0 Å². The third-order valence-corrected chi connectivity index (χ3v) is 8.01. The van der Waals surface area contributed by atoms with Gasteiger partial charge in [-0.25, -0.2) is 4.79 Å². The van der Waals surface area contributed by atoms with Crippen molar-refractivity contribution < 1.29 is 29.0 Å². The van der Waals surface area contributed by atoms with Gasteiger partial charge in [-0.2, -0.15) is 0 Å². The number of esters is 1. The third-order valence-electron chi connectivity index (χ3n) is 8.01. The average molecular weight is 617 g/mol. The van der Waals surface area contributed by atoms with Crippen molar-refractivity contribution in [1.82, 2.24) is 5.32 Å². The summed E-state index contributed by atoms with van der Waals surface area (Å²) in [5.74, 6) is 1.50. The first-order valence-corrected chi connectivity index (χ1v) is 16.6. The molecule has 0 saturated heterocycles. The zero-order chi connectivity index (χ0) is 32.6. The van der Waals surface area contributed by atoms with Crippen LogP contribution in [0.5, 0.6) is 0 Å². The van der Waals surface area contributed by atoms with Gasteiger partial charge in [-0.15, -0.1) is 10.1 Å². The fraction of sp³-hybridized carbons (Fsp3) is 0.686. The third kappa shape index (κ3) is 19.1. The molecule has 1 aliphatic carbocycles. The molecule has 0 heterocycles. The fourth-order valence-corrected chi connectivity index (χ4v) is 5.30. The van der Waals surface area contributed by atoms with E-state index < -0.39 is 17.1 Å². The molecule has 3 atom stereocenters. The second-order valence-corrected chi connectivity index (χ2v) is 11.9. The molecule has 248 valence electrons. The van der Waals surface area contributed by atoms with Gasteiger partial charge >= 0.3 is 5.97 Å². The molecule has 0 radical (unpaired) electrons. The normalized spacial score (nSPS) is 16.5. The van der Waals surface area contributed by atoms with Gasteiger partial charge in [-0.05, 0) is 62.0 Å². The Labute approximate surface area is 264 Å². The Morgan fingerprint density at radius 3 is 2.39 bits per heavy atom. The topological polar surface area (TPSA) is 125 Å². The number of ether oxygens (including phenoxy) is 1. The van der Waals surface area contributed by atoms with Crippen LogP contribution in [-0.4, -0.2) is 28.8 Å². The molecule has 1 aromatic carbocycles. The van der Waals surface area contributed by atoms with Crippen LogP contribution < -0.4 is 5.32 Å². The van der Waals surface area contributed by atoms with E-state index in [1.807, 2.05) is 13.0 Å². The Bertz CT molecular complexity index is 1010. The molecule has 0 bridgehead atoms. The number of Topliss-reactive ketones (excluding diaryl/α,β-unsaturated/α-hetero) is 1. The lowest BCUT2D eigenvalue weighted by molar-refractivity contribution is -0.763. The van der Waals surface area contributed by atoms with Crippen LogP contribution in [0.2, 0.25) is 0 Å². The number of amides is 1. The maximum Gasteiger partial charge on any atom is 0.328 e. The maximum absolute atomic E-state index is 12.0. The van der Waals surface area contributed by atoms with E-state index in [-0.39, 0.29) is 19.1 Å². The first-order chi connectivity index (χ1) is 21.2. The summed E-state index contributed by atoms with van der Waals surface area (Å²) >= 11 is 0. The number of nitrogens with zero attached hydrogens (tertiary/aromatic N) is 1. The van der Waals surface area contributed by atoms with Crippen LogP contribution in [-0.2, 0) is 37.2 Å². The van der Waals surface area contributed by atoms with E-state index in [9.17, 15) is 24.5 Å². The van der Waals surface area contributed by atoms with Crippen LogP contribution in [0.15, 0.2) is 36.4 Å². The number of nitrogens with one attached hydrogen (secondary N) is 1. The average Bonchev–Trinajstić information content (AvgIpc) is 3.42. The summed E-state index contributed by atoms with van der Waals surface area (Å²) in [6.07, 6.45) is 20.3. The molecule has 9 heteroatoms. The summed E-state index contributed by atoms with van der Waals surface area (Å²) in [7, 11) is 0. The van der Waals surface area contributed by atoms with Crippen LogP contribution in [0.4, 0.5) is 0 Å². The first-order valence-electron chi connectivity index (χ1n) is 16.6. The molecule has 0 aliphatic heterocycles. The van der Waals surface area contributed by atoms with Crippen molar-refractivity contribution >= 4 is 17.7 Å². The fourth-order valence-electron chi connectivity index (χ4n) is 5.30. The number of allylic oxidation sites excluding steroid dienone is 2. The summed E-state index contributed by atoms with van der Waals surface area (Å²) in [6, 6.07) is 6.01. The number of carbonyl (C=O) groups excluding carboxylic acids is 3. The van der Waals surface area contributed by atoms with E-state index in [2.05, 4.69) is 30.1 Å². The van der Waals surface area contributed by atoms with Crippen LogP contribution in [0.3, 0.4) is 0 Å². The minimum absolute atomic E-state index is 0.00710. The van der Waals surface area contributed by atoms with Gasteiger partial charge < -0.3 is 14.9 Å². The summed E-state index contributed by atoms with van der Waals surface area (Å²) < 4.78 is 5.19. The largest absolute Gasteiger partial charge is 0.459 e. The Balaban J connectivity index is 0.000000488. The van der Waals surface area contributed by atoms with Gasteiger partial charge in [-0.3, -0.25) is 9.59 Å². The van der Waals surface area contributed by atoms with Crippen molar-refractivity contribution in [3.63, 3.8) is 0 Å². The zero-order valence-corrected chi connectivity index (χ0v) is 27.5. The van der Waals surface area contributed by atoms with Crippen LogP contribution in [0.1, 0.15) is 135 Å². The Kier molecular flexibility index (Phi) is 21.3. The van der Waals surface area contributed by atoms with E-state index in [4.69, 9.17) is 4.74 Å². The quantitative estimate of drug-likeness (QED) is 0.0485. The number of rotatable bonds is 21. The molecular weight excluding hydrogens is 560 g/mol. The summed E-state index contributed by atoms with van der Waals surface area (Å²) in [4.78, 5) is 50.1. The number of benzene rings is 1. The van der Waals surface area contributed by atoms with Gasteiger partial charge in [-0.1, -0.05) is 102 Å². The molecule has 1 amide bonds. The lowest BCUT2D eigenvalue weighted by Gasteiger charge is -2.14. The van der Waals surface area contributed by atoms with Crippen LogP contribution in [0, 0.1) is 22.0 Å². The smallest absolute Gasteiger partial charge is 0.328 e. The first kappa shape index (κ1) is 38.8. The number of hydrogen-bond acceptors (Lipinski definition) is 7. The van der Waals surface area contributed by atoms with Gasteiger partial charge in [0.2, 0.25) is 5.91 Å². The Morgan fingerprint density at radius 1 is 1.00 bits per heavy atom. The molecule has 44 heavy (non-hydrogen) atoms. The molecule has 1 aliphatic rings. The Hall–Kier alpha value is -3.23. The highest BCUT2D eigenvalue weighted by molar-refractivity contribution is 5.84. The predicted molar refractivity (Wildman–Crippen MR) is 173 cm³/mol. The summed E-state index contributed by atoms with van der Waals surface area (Å²) in [5.41, 5.74) is 1.27. The lowest BCUT2D eigenvalue weighted by Crippen LogP contribution is -2.39. The van der Waals surface area contributed by atoms with Gasteiger partial charge in [0, 0.05) is 19.3 Å². The molecule has 1 N–H and O–H groups in total. The van der Waals surface area contributed by atoms with Crippen molar-refractivity contribution in [3.8, 4) is 0 Å². The van der Waals surface area contributed by atoms with E-state index in [1.165, 1.54) is 44.9 Å². The van der Waals surface area contributed by atoms with Gasteiger partial charge in [0.05, 0.1) is 0 Å². The second-order valence-electron chi connectivity index (χ2n) is 11.9. The number of unbranched alkanes of at least 4 members (excludes halogenated alkanes) is 5. The molecule has 3 unspecified atom stereocenters. The lowest BCUT2D eigenvalue weighted by atomic mass is 9.91. The highest BCUT2D eigenvalue weighted by Gasteiger charge is 2.23. The predicted octanol–water partition coefficient (Wildman–Crippen LogP) is 8.21. The van der Waals surface area contributed by atoms with E-state index in [0.29, 0.717) is 23.3 Å². The Morgan fingerprint density at radius 2 is 1.73 bits per heavy atom. The highest BCUT2D eigenvalue weighted by Crippen LogP contribution is 2.34. The van der Waals surface area contributed by atoms with Crippen LogP contribution in [0.25, 0.3) is 0 Å². The molecule has 0 spiro atoms. The van der Waals surface area contributed by atoms with Gasteiger partial charge in [0.25, 0.3) is 5.09 Å². The minimum Gasteiger partial charge on any atom is -0.459 e. The highest BCUT2D eigenvalue weighted by atomic mass is 16.9. The molecule has 2 rings (SSSR count). The van der Waals surface area contributed by atoms with Crippen molar-refractivity contribution in [2.24, 2.45) is 11.8 Å². The molecular formula is C35H56N2O7. The van der Waals surface area contributed by atoms with E-state index >= 15 is 0 Å². The van der Waals surface area contributed by atoms with Gasteiger partial charge in [0.15, 0.2) is 0 Å². The van der Waals surface area contributed by atoms with Crippen molar-refractivity contribution in [2.75, 3.05) is 0 Å². The molecule has 9 nitrogen and oxygen atoms in total.